The number of nitrogens with zero attached hydrogens (tertiary/aromatic N) is 1. The van der Waals surface area contributed by atoms with Crippen molar-refractivity contribution in [1.82, 2.24) is 4.98 Å². The number of hydrogen-bond acceptors (Lipinski definition) is 3. The minimum Gasteiger partial charge on any atom is -0.404 e. The lowest BCUT2D eigenvalue weighted by atomic mass is 10.1. The molecule has 0 radical (unpaired) electrons. The van der Waals surface area contributed by atoms with Gasteiger partial charge in [-0.25, -0.2) is 0 Å². The van der Waals surface area contributed by atoms with Crippen molar-refractivity contribution >= 4 is 11.8 Å². The van der Waals surface area contributed by atoms with Gasteiger partial charge in [0.2, 0.25) is 0 Å². The third kappa shape index (κ3) is 1.50. The molecule has 0 fully saturated rings. The van der Waals surface area contributed by atoms with Crippen LogP contribution < -0.4 is 5.73 Å². The summed E-state index contributed by atoms with van der Waals surface area (Å²) in [7, 11) is 0. The SMILES string of the molecule is Cc1cccnc1C(C=N)=CN. The third-order valence-electron chi connectivity index (χ3n) is 1.62. The number of rotatable bonds is 2. The van der Waals surface area contributed by atoms with Gasteiger partial charge in [0.1, 0.15) is 0 Å². The number of pyridine rings is 1. The summed E-state index contributed by atoms with van der Waals surface area (Å²) in [6, 6.07) is 3.80. The summed E-state index contributed by atoms with van der Waals surface area (Å²) in [5.74, 6) is 0. The topological polar surface area (TPSA) is 62.8 Å². The van der Waals surface area contributed by atoms with E-state index in [0.29, 0.717) is 5.57 Å². The van der Waals surface area contributed by atoms with Gasteiger partial charge in [0.05, 0.1) is 5.69 Å². The molecule has 3 nitrogen and oxygen atoms in total. The van der Waals surface area contributed by atoms with Crippen LogP contribution in [-0.2, 0) is 0 Å². The van der Waals surface area contributed by atoms with Crippen LogP contribution in [0.1, 0.15) is 11.3 Å². The molecular weight excluding hydrogens is 150 g/mol. The summed E-state index contributed by atoms with van der Waals surface area (Å²) in [4.78, 5) is 4.12. The van der Waals surface area contributed by atoms with Crippen LogP contribution in [0.5, 0.6) is 0 Å². The minimum absolute atomic E-state index is 0.646. The number of allylic oxidation sites excluding steroid dienone is 1. The molecule has 0 aliphatic heterocycles. The molecule has 3 heteroatoms. The van der Waals surface area contributed by atoms with Crippen LogP contribution in [0.25, 0.3) is 5.57 Å². The van der Waals surface area contributed by atoms with Crippen molar-refractivity contribution in [3.05, 3.63) is 35.8 Å². The Hall–Kier alpha value is -1.64. The van der Waals surface area contributed by atoms with E-state index < -0.39 is 0 Å². The normalized spacial score (nSPS) is 11.2. The zero-order valence-electron chi connectivity index (χ0n) is 6.91. The molecule has 1 rings (SSSR count). The molecule has 62 valence electrons. The maximum absolute atomic E-state index is 7.08. The summed E-state index contributed by atoms with van der Waals surface area (Å²) in [6.07, 6.45) is 4.28. The average Bonchev–Trinajstić information content (AvgIpc) is 2.10. The molecule has 0 spiro atoms. The van der Waals surface area contributed by atoms with Crippen LogP contribution in [0.2, 0.25) is 0 Å². The molecule has 3 N–H and O–H groups in total. The number of aromatic nitrogens is 1. The Morgan fingerprint density at radius 2 is 2.42 bits per heavy atom. The molecule has 0 aliphatic carbocycles. The summed E-state index contributed by atoms with van der Waals surface area (Å²) < 4.78 is 0. The second-order valence-corrected chi connectivity index (χ2v) is 2.44. The second-order valence-electron chi connectivity index (χ2n) is 2.44. The van der Waals surface area contributed by atoms with Crippen LogP contribution in [0.4, 0.5) is 0 Å². The summed E-state index contributed by atoms with van der Waals surface area (Å²) in [5.41, 5.74) is 7.78. The fraction of sp³-hybridized carbons (Fsp3) is 0.111. The lowest BCUT2D eigenvalue weighted by molar-refractivity contribution is 1.22. The van der Waals surface area contributed by atoms with E-state index >= 15 is 0 Å². The highest BCUT2D eigenvalue weighted by atomic mass is 14.7. The van der Waals surface area contributed by atoms with Crippen LogP contribution >= 0.6 is 0 Å². The van der Waals surface area contributed by atoms with Gasteiger partial charge >= 0.3 is 0 Å². The van der Waals surface area contributed by atoms with E-state index in [1.54, 1.807) is 6.20 Å². The van der Waals surface area contributed by atoms with E-state index in [9.17, 15) is 0 Å². The van der Waals surface area contributed by atoms with E-state index in [4.69, 9.17) is 11.1 Å². The van der Waals surface area contributed by atoms with Crippen molar-refractivity contribution in [2.24, 2.45) is 5.73 Å². The number of aryl methyl sites for hydroxylation is 1. The zero-order valence-corrected chi connectivity index (χ0v) is 6.91. The molecule has 0 bridgehead atoms. The van der Waals surface area contributed by atoms with Crippen molar-refractivity contribution in [1.29, 1.82) is 5.41 Å². The fourth-order valence-electron chi connectivity index (χ4n) is 0.983. The quantitative estimate of drug-likeness (QED) is 0.643. The highest BCUT2D eigenvalue weighted by molar-refractivity contribution is 6.07. The van der Waals surface area contributed by atoms with Crippen molar-refractivity contribution < 1.29 is 0 Å². The first-order chi connectivity index (χ1) is 5.79. The van der Waals surface area contributed by atoms with Gasteiger partial charge in [-0.1, -0.05) is 6.07 Å². The monoisotopic (exact) mass is 161 g/mol. The maximum Gasteiger partial charge on any atom is 0.0760 e. The Balaban J connectivity index is 3.18. The Bertz CT molecular complexity index is 315. The van der Waals surface area contributed by atoms with Crippen molar-refractivity contribution in [3.8, 4) is 0 Å². The van der Waals surface area contributed by atoms with Crippen LogP contribution in [0.3, 0.4) is 0 Å². The van der Waals surface area contributed by atoms with Crippen molar-refractivity contribution in [3.63, 3.8) is 0 Å². The standard InChI is InChI=1S/C9H11N3/c1-7-3-2-4-12-9(7)8(5-10)6-11/h2-6,10H,11H2,1H3. The zero-order chi connectivity index (χ0) is 8.97. The maximum atomic E-state index is 7.08. The van der Waals surface area contributed by atoms with Crippen molar-refractivity contribution in [2.75, 3.05) is 0 Å². The lowest BCUT2D eigenvalue weighted by Crippen LogP contribution is -1.96. The first-order valence-electron chi connectivity index (χ1n) is 3.64. The lowest BCUT2D eigenvalue weighted by Gasteiger charge is -2.02. The molecule has 1 heterocycles. The van der Waals surface area contributed by atoms with Gasteiger partial charge in [-0.3, -0.25) is 4.98 Å². The Kier molecular flexibility index (Phi) is 2.58. The van der Waals surface area contributed by atoms with Gasteiger partial charge < -0.3 is 11.1 Å². The molecule has 0 atom stereocenters. The average molecular weight is 161 g/mol. The van der Waals surface area contributed by atoms with Crippen LogP contribution in [-0.4, -0.2) is 11.2 Å². The predicted octanol–water partition coefficient (Wildman–Crippen LogP) is 1.34. The molecule has 0 saturated heterocycles. The van der Waals surface area contributed by atoms with Gasteiger partial charge in [-0.05, 0) is 18.6 Å². The summed E-state index contributed by atoms with van der Waals surface area (Å²) in [6.45, 7) is 1.94. The van der Waals surface area contributed by atoms with Crippen LogP contribution in [0.15, 0.2) is 24.5 Å². The minimum atomic E-state index is 0.646. The van der Waals surface area contributed by atoms with E-state index in [0.717, 1.165) is 11.3 Å². The third-order valence-corrected chi connectivity index (χ3v) is 1.62. The summed E-state index contributed by atoms with van der Waals surface area (Å²) >= 11 is 0. The fourth-order valence-corrected chi connectivity index (χ4v) is 0.983. The van der Waals surface area contributed by atoms with E-state index in [1.165, 1.54) is 12.4 Å². The Morgan fingerprint density at radius 1 is 1.67 bits per heavy atom. The molecule has 1 aromatic heterocycles. The molecule has 0 aromatic carbocycles. The van der Waals surface area contributed by atoms with Gasteiger partial charge in [0.25, 0.3) is 0 Å². The first-order valence-corrected chi connectivity index (χ1v) is 3.64. The van der Waals surface area contributed by atoms with Gasteiger partial charge in [0, 0.05) is 24.2 Å². The molecule has 12 heavy (non-hydrogen) atoms. The number of nitrogens with one attached hydrogen (secondary N) is 1. The molecule has 0 aliphatic rings. The smallest absolute Gasteiger partial charge is 0.0760 e. The Morgan fingerprint density at radius 3 is 2.92 bits per heavy atom. The second kappa shape index (κ2) is 3.67. The van der Waals surface area contributed by atoms with E-state index in [1.807, 2.05) is 19.1 Å². The van der Waals surface area contributed by atoms with Gasteiger partial charge in [-0.15, -0.1) is 0 Å². The molecule has 0 unspecified atom stereocenters. The number of hydrogen-bond donors (Lipinski definition) is 2. The largest absolute Gasteiger partial charge is 0.404 e. The molecular formula is C9H11N3. The Labute approximate surface area is 71.4 Å². The van der Waals surface area contributed by atoms with Gasteiger partial charge in [0.15, 0.2) is 0 Å². The van der Waals surface area contributed by atoms with Crippen LogP contribution in [0, 0.1) is 12.3 Å². The van der Waals surface area contributed by atoms with Crippen molar-refractivity contribution in [2.45, 2.75) is 6.92 Å². The first kappa shape index (κ1) is 8.46. The van der Waals surface area contributed by atoms with E-state index in [2.05, 4.69) is 4.98 Å². The predicted molar refractivity (Wildman–Crippen MR) is 49.9 cm³/mol. The molecule has 1 aromatic rings. The summed E-state index contributed by atoms with van der Waals surface area (Å²) in [5, 5.41) is 7.08. The highest BCUT2D eigenvalue weighted by Gasteiger charge is 2.01. The van der Waals surface area contributed by atoms with E-state index in [-0.39, 0.29) is 0 Å². The molecule has 0 saturated carbocycles. The molecule has 0 amide bonds. The highest BCUT2D eigenvalue weighted by Crippen LogP contribution is 2.11. The van der Waals surface area contributed by atoms with Gasteiger partial charge in [-0.2, -0.15) is 0 Å². The number of nitrogens with two attached hydrogens (primary N) is 1.